The standard InChI is InChI=1S/C13H10N2S2/c16-10-15-12-8-14-7-6-13(12)17-9-11-4-2-1-3-5-11/h1-8H,9H2. The summed E-state index contributed by atoms with van der Waals surface area (Å²) in [5.74, 6) is 0.908. The van der Waals surface area contributed by atoms with Crippen LogP contribution in [0, 0.1) is 0 Å². The molecule has 0 aliphatic heterocycles. The van der Waals surface area contributed by atoms with E-state index in [1.165, 1.54) is 5.56 Å². The molecule has 0 fully saturated rings. The van der Waals surface area contributed by atoms with E-state index < -0.39 is 0 Å². The van der Waals surface area contributed by atoms with Gasteiger partial charge in [-0.05, 0) is 23.8 Å². The summed E-state index contributed by atoms with van der Waals surface area (Å²) in [5, 5.41) is 2.38. The Hall–Kier alpha value is -1.48. The van der Waals surface area contributed by atoms with Crippen LogP contribution in [-0.4, -0.2) is 10.1 Å². The van der Waals surface area contributed by atoms with Gasteiger partial charge in [0.25, 0.3) is 0 Å². The second-order valence-corrected chi connectivity index (χ2v) is 4.52. The molecule has 1 aromatic carbocycles. The van der Waals surface area contributed by atoms with Crippen molar-refractivity contribution in [2.75, 3.05) is 0 Å². The minimum atomic E-state index is 0.781. The fourth-order valence-corrected chi connectivity index (χ4v) is 2.38. The van der Waals surface area contributed by atoms with E-state index >= 15 is 0 Å². The second kappa shape index (κ2) is 6.30. The predicted octanol–water partition coefficient (Wildman–Crippen LogP) is 4.11. The molecule has 0 saturated heterocycles. The van der Waals surface area contributed by atoms with Gasteiger partial charge in [0, 0.05) is 16.8 Å². The number of aliphatic imine (C=N–C) groups is 1. The first-order chi connectivity index (χ1) is 8.40. The molecule has 17 heavy (non-hydrogen) atoms. The minimum absolute atomic E-state index is 0.781. The smallest absolute Gasteiger partial charge is 0.106 e. The molecule has 0 radical (unpaired) electrons. The lowest BCUT2D eigenvalue weighted by atomic mass is 10.2. The second-order valence-electron chi connectivity index (χ2n) is 3.32. The quantitative estimate of drug-likeness (QED) is 0.469. The van der Waals surface area contributed by atoms with E-state index in [0.29, 0.717) is 0 Å². The van der Waals surface area contributed by atoms with Gasteiger partial charge in [-0.15, -0.1) is 11.8 Å². The Labute approximate surface area is 110 Å². The molecule has 1 aromatic heterocycles. The van der Waals surface area contributed by atoms with Gasteiger partial charge < -0.3 is 0 Å². The van der Waals surface area contributed by atoms with Crippen LogP contribution in [0.3, 0.4) is 0 Å². The first-order valence-corrected chi connectivity index (χ1v) is 6.48. The SMILES string of the molecule is S=C=Nc1cnccc1SCc1ccccc1. The van der Waals surface area contributed by atoms with Crippen molar-refractivity contribution in [3.8, 4) is 0 Å². The number of pyridine rings is 1. The summed E-state index contributed by atoms with van der Waals surface area (Å²) < 4.78 is 0. The molecule has 0 amide bonds. The molecule has 0 bridgehead atoms. The molecule has 0 unspecified atom stereocenters. The monoisotopic (exact) mass is 258 g/mol. The van der Waals surface area contributed by atoms with Crippen LogP contribution in [0.4, 0.5) is 5.69 Å². The summed E-state index contributed by atoms with van der Waals surface area (Å²) in [6, 6.07) is 12.3. The first-order valence-electron chi connectivity index (χ1n) is 5.09. The Morgan fingerprint density at radius 3 is 2.82 bits per heavy atom. The van der Waals surface area contributed by atoms with Crippen LogP contribution in [-0.2, 0) is 5.75 Å². The lowest BCUT2D eigenvalue weighted by Crippen LogP contribution is -1.81. The Morgan fingerprint density at radius 1 is 1.24 bits per heavy atom. The van der Waals surface area contributed by atoms with Gasteiger partial charge in [-0.1, -0.05) is 30.3 Å². The zero-order valence-corrected chi connectivity index (χ0v) is 10.7. The highest BCUT2D eigenvalue weighted by Crippen LogP contribution is 2.30. The number of nitrogens with zero attached hydrogens (tertiary/aromatic N) is 2. The van der Waals surface area contributed by atoms with Crippen molar-refractivity contribution in [2.24, 2.45) is 4.99 Å². The molecule has 0 spiro atoms. The van der Waals surface area contributed by atoms with Gasteiger partial charge in [-0.2, -0.15) is 4.99 Å². The van der Waals surface area contributed by atoms with Crippen molar-refractivity contribution >= 4 is 34.8 Å². The lowest BCUT2D eigenvalue weighted by molar-refractivity contribution is 1.24. The van der Waals surface area contributed by atoms with Crippen LogP contribution in [0.25, 0.3) is 0 Å². The van der Waals surface area contributed by atoms with Gasteiger partial charge in [-0.3, -0.25) is 4.98 Å². The Bertz CT molecular complexity index is 534. The van der Waals surface area contributed by atoms with Crippen molar-refractivity contribution in [3.05, 3.63) is 54.4 Å². The van der Waals surface area contributed by atoms with Gasteiger partial charge in [0.1, 0.15) is 5.69 Å². The van der Waals surface area contributed by atoms with E-state index in [1.807, 2.05) is 24.3 Å². The number of isothiocyanates is 1. The number of thioether (sulfide) groups is 1. The van der Waals surface area contributed by atoms with Crippen molar-refractivity contribution < 1.29 is 0 Å². The number of thiocarbonyl (C=S) groups is 1. The molecule has 0 saturated carbocycles. The zero-order chi connectivity index (χ0) is 11.9. The van der Waals surface area contributed by atoms with Crippen LogP contribution in [0.2, 0.25) is 0 Å². The van der Waals surface area contributed by atoms with Gasteiger partial charge in [0.15, 0.2) is 0 Å². The molecular formula is C13H10N2S2. The van der Waals surface area contributed by atoms with E-state index in [4.69, 9.17) is 0 Å². The maximum absolute atomic E-state index is 4.62. The highest BCUT2D eigenvalue weighted by molar-refractivity contribution is 7.98. The van der Waals surface area contributed by atoms with E-state index in [-0.39, 0.29) is 0 Å². The van der Waals surface area contributed by atoms with E-state index in [1.54, 1.807) is 24.2 Å². The summed E-state index contributed by atoms with van der Waals surface area (Å²) in [6.07, 6.45) is 3.46. The van der Waals surface area contributed by atoms with Gasteiger partial charge in [0.05, 0.1) is 11.4 Å². The molecular weight excluding hydrogens is 248 g/mol. The Morgan fingerprint density at radius 2 is 2.06 bits per heavy atom. The van der Waals surface area contributed by atoms with Gasteiger partial charge >= 0.3 is 0 Å². The topological polar surface area (TPSA) is 25.2 Å². The van der Waals surface area contributed by atoms with Crippen LogP contribution in [0.15, 0.2) is 58.7 Å². The zero-order valence-electron chi connectivity index (χ0n) is 9.04. The number of aromatic nitrogens is 1. The van der Waals surface area contributed by atoms with E-state index in [0.717, 1.165) is 16.3 Å². The number of hydrogen-bond donors (Lipinski definition) is 0. The molecule has 2 nitrogen and oxygen atoms in total. The highest BCUT2D eigenvalue weighted by atomic mass is 32.2. The minimum Gasteiger partial charge on any atom is -0.262 e. The molecule has 2 aromatic rings. The molecule has 0 aliphatic rings. The van der Waals surface area contributed by atoms with Crippen molar-refractivity contribution in [1.82, 2.24) is 4.98 Å². The third kappa shape index (κ3) is 3.49. The van der Waals surface area contributed by atoms with Crippen molar-refractivity contribution in [2.45, 2.75) is 10.6 Å². The van der Waals surface area contributed by atoms with Crippen molar-refractivity contribution in [3.63, 3.8) is 0 Å². The molecule has 0 aliphatic carbocycles. The predicted molar refractivity (Wildman–Crippen MR) is 74.9 cm³/mol. The number of rotatable bonds is 4. The maximum Gasteiger partial charge on any atom is 0.106 e. The Kier molecular flexibility index (Phi) is 4.45. The van der Waals surface area contributed by atoms with Gasteiger partial charge in [-0.25, -0.2) is 0 Å². The third-order valence-corrected chi connectivity index (χ3v) is 3.39. The maximum atomic E-state index is 4.62. The fraction of sp³-hybridized carbons (Fsp3) is 0.0769. The molecule has 84 valence electrons. The van der Waals surface area contributed by atoms with Crippen LogP contribution < -0.4 is 0 Å². The first kappa shape index (κ1) is 12.0. The normalized spacial score (nSPS) is 9.65. The Balaban J connectivity index is 2.11. The summed E-state index contributed by atoms with van der Waals surface area (Å²) in [5.41, 5.74) is 2.06. The average molecular weight is 258 g/mol. The van der Waals surface area contributed by atoms with Crippen LogP contribution in [0.5, 0.6) is 0 Å². The van der Waals surface area contributed by atoms with Crippen LogP contribution in [0.1, 0.15) is 5.56 Å². The highest BCUT2D eigenvalue weighted by Gasteiger charge is 2.01. The molecule has 4 heteroatoms. The fourth-order valence-electron chi connectivity index (χ4n) is 1.36. The van der Waals surface area contributed by atoms with Crippen LogP contribution >= 0.6 is 24.0 Å². The summed E-state index contributed by atoms with van der Waals surface area (Å²) >= 11 is 6.34. The molecule has 2 rings (SSSR count). The lowest BCUT2D eigenvalue weighted by Gasteiger charge is -2.03. The van der Waals surface area contributed by atoms with Crippen molar-refractivity contribution in [1.29, 1.82) is 0 Å². The number of hydrogen-bond acceptors (Lipinski definition) is 4. The van der Waals surface area contributed by atoms with E-state index in [2.05, 4.69) is 39.5 Å². The summed E-state index contributed by atoms with van der Waals surface area (Å²) in [6.45, 7) is 0. The summed E-state index contributed by atoms with van der Waals surface area (Å²) in [7, 11) is 0. The average Bonchev–Trinajstić information content (AvgIpc) is 2.39. The molecule has 0 N–H and O–H groups in total. The third-order valence-electron chi connectivity index (χ3n) is 2.16. The molecule has 1 heterocycles. The number of benzene rings is 1. The van der Waals surface area contributed by atoms with E-state index in [9.17, 15) is 0 Å². The summed E-state index contributed by atoms with van der Waals surface area (Å²) in [4.78, 5) is 9.10. The largest absolute Gasteiger partial charge is 0.262 e. The molecule has 0 atom stereocenters. The van der Waals surface area contributed by atoms with Gasteiger partial charge in [0.2, 0.25) is 0 Å².